The standard InChI is InChI=1S/C14H18F4N2O2.ClH/c1-22-9-6-10(15)12(11(16)7-9)13(14(17,18)8-21)20-4-2-19-3-5-20;/h6-7,13,19,21H,2-5,8H2,1H3;1H/t13-;/m1./s1. The van der Waals surface area contributed by atoms with Gasteiger partial charge in [-0.25, -0.2) is 17.6 Å². The lowest BCUT2D eigenvalue weighted by molar-refractivity contribution is -0.120. The number of rotatable bonds is 5. The Morgan fingerprint density at radius 2 is 1.78 bits per heavy atom. The first kappa shape index (κ1) is 20.0. The quantitative estimate of drug-likeness (QED) is 0.790. The molecule has 1 aromatic carbocycles. The van der Waals surface area contributed by atoms with Crippen molar-refractivity contribution < 1.29 is 27.4 Å². The number of piperazine rings is 1. The van der Waals surface area contributed by atoms with Gasteiger partial charge in [0.05, 0.1) is 7.11 Å². The van der Waals surface area contributed by atoms with E-state index in [9.17, 15) is 17.6 Å². The third-order valence-corrected chi connectivity index (χ3v) is 3.69. The zero-order chi connectivity index (χ0) is 16.3. The Morgan fingerprint density at radius 1 is 1.26 bits per heavy atom. The highest BCUT2D eigenvalue weighted by Crippen LogP contribution is 2.39. The third-order valence-electron chi connectivity index (χ3n) is 3.69. The first-order chi connectivity index (χ1) is 10.4. The van der Waals surface area contributed by atoms with Crippen LogP contribution in [-0.4, -0.2) is 55.8 Å². The van der Waals surface area contributed by atoms with E-state index >= 15 is 0 Å². The summed E-state index contributed by atoms with van der Waals surface area (Å²) in [6, 6.07) is -0.146. The molecule has 0 bridgehead atoms. The van der Waals surface area contributed by atoms with Crippen LogP contribution in [0.4, 0.5) is 17.6 Å². The Hall–Kier alpha value is -1.09. The maximum absolute atomic E-state index is 14.2. The molecule has 1 aromatic rings. The lowest BCUT2D eigenvalue weighted by Gasteiger charge is -2.38. The van der Waals surface area contributed by atoms with Crippen LogP contribution in [0.3, 0.4) is 0 Å². The molecule has 0 spiro atoms. The lowest BCUT2D eigenvalue weighted by Crippen LogP contribution is -2.51. The van der Waals surface area contributed by atoms with E-state index in [1.54, 1.807) is 0 Å². The van der Waals surface area contributed by atoms with E-state index in [1.807, 2.05) is 0 Å². The van der Waals surface area contributed by atoms with E-state index in [-0.39, 0.29) is 31.2 Å². The van der Waals surface area contributed by atoms with Crippen molar-refractivity contribution in [3.63, 3.8) is 0 Å². The summed E-state index contributed by atoms with van der Waals surface area (Å²) in [4.78, 5) is 1.28. The van der Waals surface area contributed by atoms with Gasteiger partial charge in [0.1, 0.15) is 30.0 Å². The Kier molecular flexibility index (Phi) is 7.06. The van der Waals surface area contributed by atoms with Crippen molar-refractivity contribution in [2.24, 2.45) is 0 Å². The molecule has 0 saturated carbocycles. The van der Waals surface area contributed by atoms with Crippen molar-refractivity contribution in [3.05, 3.63) is 29.3 Å². The number of benzene rings is 1. The van der Waals surface area contributed by atoms with E-state index in [2.05, 4.69) is 5.32 Å². The molecule has 23 heavy (non-hydrogen) atoms. The maximum Gasteiger partial charge on any atom is 0.290 e. The fourth-order valence-electron chi connectivity index (χ4n) is 2.63. The third kappa shape index (κ3) is 4.26. The Bertz CT molecular complexity index is 504. The maximum atomic E-state index is 14.2. The number of alkyl halides is 2. The van der Waals surface area contributed by atoms with E-state index in [0.717, 1.165) is 12.1 Å². The molecule has 1 saturated heterocycles. The van der Waals surface area contributed by atoms with Crippen molar-refractivity contribution in [3.8, 4) is 5.75 Å². The van der Waals surface area contributed by atoms with Gasteiger partial charge in [-0.15, -0.1) is 12.4 Å². The summed E-state index contributed by atoms with van der Waals surface area (Å²) in [6.45, 7) is -0.238. The van der Waals surface area contributed by atoms with Crippen LogP contribution in [0.1, 0.15) is 11.6 Å². The number of halogens is 5. The zero-order valence-corrected chi connectivity index (χ0v) is 13.3. The minimum Gasteiger partial charge on any atom is -0.497 e. The van der Waals surface area contributed by atoms with Crippen LogP contribution in [0.25, 0.3) is 0 Å². The van der Waals surface area contributed by atoms with Crippen molar-refractivity contribution in [2.45, 2.75) is 12.0 Å². The first-order valence-corrected chi connectivity index (χ1v) is 6.87. The van der Waals surface area contributed by atoms with Gasteiger partial charge >= 0.3 is 0 Å². The molecule has 9 heteroatoms. The van der Waals surface area contributed by atoms with Crippen LogP contribution in [0.15, 0.2) is 12.1 Å². The molecule has 4 nitrogen and oxygen atoms in total. The molecule has 0 amide bonds. The minimum atomic E-state index is -3.67. The summed E-state index contributed by atoms with van der Waals surface area (Å²) in [7, 11) is 1.23. The SMILES string of the molecule is COc1cc(F)c([C@@H](N2CCNCC2)C(F)(F)CO)c(F)c1.Cl. The van der Waals surface area contributed by atoms with Crippen LogP contribution >= 0.6 is 12.4 Å². The summed E-state index contributed by atoms with van der Waals surface area (Å²) in [5, 5.41) is 12.0. The molecule has 0 aliphatic carbocycles. The number of hydrogen-bond donors (Lipinski definition) is 2. The summed E-state index contributed by atoms with van der Waals surface area (Å²) in [5.41, 5.74) is -0.748. The molecule has 132 valence electrons. The lowest BCUT2D eigenvalue weighted by atomic mass is 9.96. The molecular formula is C14H19ClF4N2O2. The molecule has 1 aliphatic rings. The van der Waals surface area contributed by atoms with Crippen LogP contribution in [0.2, 0.25) is 0 Å². The number of nitrogens with zero attached hydrogens (tertiary/aromatic N) is 1. The van der Waals surface area contributed by atoms with Gasteiger partial charge in [-0.05, 0) is 0 Å². The molecule has 2 N–H and O–H groups in total. The average Bonchev–Trinajstić information content (AvgIpc) is 2.51. The zero-order valence-electron chi connectivity index (χ0n) is 12.5. The molecule has 1 atom stereocenters. The summed E-state index contributed by atoms with van der Waals surface area (Å²) < 4.78 is 61.4. The largest absolute Gasteiger partial charge is 0.497 e. The fraction of sp³-hybridized carbons (Fsp3) is 0.571. The highest BCUT2D eigenvalue weighted by atomic mass is 35.5. The van der Waals surface area contributed by atoms with Crippen molar-refractivity contribution >= 4 is 12.4 Å². The highest BCUT2D eigenvalue weighted by Gasteiger charge is 2.46. The predicted octanol–water partition coefficient (Wildman–Crippen LogP) is 1.97. The number of hydrogen-bond acceptors (Lipinski definition) is 4. The van der Waals surface area contributed by atoms with Gasteiger partial charge in [-0.3, -0.25) is 4.90 Å². The first-order valence-electron chi connectivity index (χ1n) is 6.87. The van der Waals surface area contributed by atoms with Gasteiger partial charge < -0.3 is 15.2 Å². The molecule has 2 rings (SSSR count). The van der Waals surface area contributed by atoms with Gasteiger partial charge in [-0.1, -0.05) is 0 Å². The van der Waals surface area contributed by atoms with Crippen LogP contribution in [0, 0.1) is 11.6 Å². The number of aliphatic hydroxyl groups is 1. The van der Waals surface area contributed by atoms with Crippen molar-refractivity contribution in [2.75, 3.05) is 39.9 Å². The van der Waals surface area contributed by atoms with Gasteiger partial charge in [-0.2, -0.15) is 0 Å². The second kappa shape index (κ2) is 8.14. The fourth-order valence-corrected chi connectivity index (χ4v) is 2.63. The summed E-state index contributed by atoms with van der Waals surface area (Å²) >= 11 is 0. The Morgan fingerprint density at radius 3 is 2.22 bits per heavy atom. The molecule has 1 heterocycles. The van der Waals surface area contributed by atoms with Crippen LogP contribution in [0.5, 0.6) is 5.75 Å². The van der Waals surface area contributed by atoms with E-state index in [1.165, 1.54) is 12.0 Å². The van der Waals surface area contributed by atoms with Crippen molar-refractivity contribution in [1.82, 2.24) is 10.2 Å². The van der Waals surface area contributed by atoms with Crippen LogP contribution < -0.4 is 10.1 Å². The van der Waals surface area contributed by atoms with Crippen molar-refractivity contribution in [1.29, 1.82) is 0 Å². The minimum absolute atomic E-state index is 0. The van der Waals surface area contributed by atoms with Gasteiger partial charge in [0, 0.05) is 43.9 Å². The molecule has 1 fully saturated rings. The second-order valence-corrected chi connectivity index (χ2v) is 5.11. The molecule has 0 unspecified atom stereocenters. The Balaban J connectivity index is 0.00000264. The average molecular weight is 359 g/mol. The second-order valence-electron chi connectivity index (χ2n) is 5.11. The smallest absolute Gasteiger partial charge is 0.290 e. The van der Waals surface area contributed by atoms with Gasteiger partial charge in [0.2, 0.25) is 0 Å². The van der Waals surface area contributed by atoms with Gasteiger partial charge in [0.15, 0.2) is 0 Å². The number of aliphatic hydroxyl groups excluding tert-OH is 1. The normalized spacial score (nSPS) is 17.5. The molecule has 0 radical (unpaired) electrons. The monoisotopic (exact) mass is 358 g/mol. The molecule has 1 aliphatic heterocycles. The molecule has 0 aromatic heterocycles. The predicted molar refractivity (Wildman–Crippen MR) is 79.4 cm³/mol. The van der Waals surface area contributed by atoms with Crippen LogP contribution in [-0.2, 0) is 0 Å². The molecular weight excluding hydrogens is 340 g/mol. The summed E-state index contributed by atoms with van der Waals surface area (Å²) in [5.74, 6) is -6.00. The van der Waals surface area contributed by atoms with E-state index in [0.29, 0.717) is 13.1 Å². The van der Waals surface area contributed by atoms with E-state index < -0.39 is 35.8 Å². The number of methoxy groups -OCH3 is 1. The number of nitrogens with one attached hydrogen (secondary N) is 1. The topological polar surface area (TPSA) is 44.7 Å². The Labute approximate surface area is 137 Å². The van der Waals surface area contributed by atoms with Gasteiger partial charge in [0.25, 0.3) is 5.92 Å². The highest BCUT2D eigenvalue weighted by molar-refractivity contribution is 5.85. The summed E-state index contributed by atoms with van der Waals surface area (Å²) in [6.07, 6.45) is 0. The van der Waals surface area contributed by atoms with E-state index in [4.69, 9.17) is 9.84 Å². The number of ether oxygens (including phenoxy) is 1.